The number of aliphatic hydroxyl groups excluding tert-OH is 1. The number of amides is 3. The molecule has 0 spiro atoms. The summed E-state index contributed by atoms with van der Waals surface area (Å²) in [7, 11) is 0. The minimum absolute atomic E-state index is 0.0647. The number of ether oxygens (including phenoxy) is 1. The number of hydrogen-bond donors (Lipinski definition) is 4. The van der Waals surface area contributed by atoms with Crippen molar-refractivity contribution in [3.05, 3.63) is 65.7 Å². The molecule has 0 aliphatic heterocycles. The van der Waals surface area contributed by atoms with Crippen LogP contribution in [-0.2, 0) is 20.9 Å². The Balaban J connectivity index is 2.38. The van der Waals surface area contributed by atoms with E-state index in [9.17, 15) is 24.6 Å². The van der Waals surface area contributed by atoms with Crippen LogP contribution in [0.15, 0.2) is 54.6 Å². The highest BCUT2D eigenvalue weighted by Crippen LogP contribution is 2.27. The fraction of sp³-hybridized carbons (Fsp3) is 0.423. The third kappa shape index (κ3) is 8.29. The van der Waals surface area contributed by atoms with E-state index in [-0.39, 0.29) is 12.3 Å². The SMILES string of the molecule is CC(C)N(C(=O)C(CO)NC(=O)OC(C)(C)C)C(C(=O)NCc1ccccc1)c1cccc(O)c1. The molecule has 2 atom stereocenters. The maximum atomic E-state index is 13.5. The average molecular weight is 486 g/mol. The number of phenolic OH excluding ortho intramolecular Hbond substituents is 1. The van der Waals surface area contributed by atoms with Gasteiger partial charge < -0.3 is 30.5 Å². The van der Waals surface area contributed by atoms with Gasteiger partial charge in [-0.15, -0.1) is 0 Å². The second kappa shape index (κ2) is 12.2. The van der Waals surface area contributed by atoms with Crippen LogP contribution in [0.2, 0.25) is 0 Å². The van der Waals surface area contributed by atoms with Gasteiger partial charge in [-0.1, -0.05) is 42.5 Å². The number of aromatic hydroxyl groups is 1. The smallest absolute Gasteiger partial charge is 0.408 e. The molecule has 190 valence electrons. The summed E-state index contributed by atoms with van der Waals surface area (Å²) in [6.45, 7) is 8.02. The van der Waals surface area contributed by atoms with Crippen molar-refractivity contribution < 1.29 is 29.3 Å². The highest BCUT2D eigenvalue weighted by molar-refractivity contribution is 5.92. The van der Waals surface area contributed by atoms with Crippen LogP contribution in [0.3, 0.4) is 0 Å². The summed E-state index contributed by atoms with van der Waals surface area (Å²) in [4.78, 5) is 40.5. The van der Waals surface area contributed by atoms with Crippen molar-refractivity contribution in [2.24, 2.45) is 0 Å². The van der Waals surface area contributed by atoms with Crippen molar-refractivity contribution in [1.82, 2.24) is 15.5 Å². The van der Waals surface area contributed by atoms with Crippen molar-refractivity contribution in [1.29, 1.82) is 0 Å². The highest BCUT2D eigenvalue weighted by Gasteiger charge is 2.37. The first-order valence-corrected chi connectivity index (χ1v) is 11.5. The molecule has 2 unspecified atom stereocenters. The van der Waals surface area contributed by atoms with Crippen molar-refractivity contribution in [2.75, 3.05) is 6.61 Å². The molecule has 0 heterocycles. The van der Waals surface area contributed by atoms with E-state index in [0.717, 1.165) is 5.56 Å². The van der Waals surface area contributed by atoms with Gasteiger partial charge >= 0.3 is 6.09 Å². The fourth-order valence-electron chi connectivity index (χ4n) is 3.51. The predicted molar refractivity (Wildman–Crippen MR) is 131 cm³/mol. The van der Waals surface area contributed by atoms with Gasteiger partial charge in [0.1, 0.15) is 23.4 Å². The standard InChI is InChI=1S/C26H35N3O6/c1-17(2)29(24(33)21(16-30)28-25(34)35-26(3,4)5)22(19-12-9-13-20(31)14-19)23(32)27-15-18-10-7-6-8-11-18/h6-14,17,21-22,30-31H,15-16H2,1-5H3,(H,27,32)(H,28,34). The zero-order chi connectivity index (χ0) is 26.2. The first-order chi connectivity index (χ1) is 16.4. The van der Waals surface area contributed by atoms with E-state index in [1.54, 1.807) is 46.8 Å². The summed E-state index contributed by atoms with van der Waals surface area (Å²) >= 11 is 0. The minimum atomic E-state index is -1.34. The minimum Gasteiger partial charge on any atom is -0.508 e. The lowest BCUT2D eigenvalue weighted by Gasteiger charge is -2.36. The molecular weight excluding hydrogens is 450 g/mol. The number of hydrogen-bond acceptors (Lipinski definition) is 6. The Kier molecular flexibility index (Phi) is 9.65. The fourth-order valence-corrected chi connectivity index (χ4v) is 3.51. The lowest BCUT2D eigenvalue weighted by Crippen LogP contribution is -2.56. The van der Waals surface area contributed by atoms with E-state index < -0.39 is 48.2 Å². The first kappa shape index (κ1) is 27.7. The molecule has 0 fully saturated rings. The van der Waals surface area contributed by atoms with Crippen molar-refractivity contribution >= 4 is 17.9 Å². The Morgan fingerprint density at radius 3 is 2.23 bits per heavy atom. The maximum Gasteiger partial charge on any atom is 0.408 e. The third-order valence-corrected chi connectivity index (χ3v) is 5.00. The quantitative estimate of drug-likeness (QED) is 0.432. The lowest BCUT2D eigenvalue weighted by atomic mass is 10.0. The molecule has 2 rings (SSSR count). The van der Waals surface area contributed by atoms with Crippen LogP contribution in [0.25, 0.3) is 0 Å². The number of nitrogens with one attached hydrogen (secondary N) is 2. The summed E-state index contributed by atoms with van der Waals surface area (Å²) in [5.41, 5.74) is 0.455. The average Bonchev–Trinajstić information content (AvgIpc) is 2.78. The van der Waals surface area contributed by atoms with Gasteiger partial charge in [0, 0.05) is 12.6 Å². The first-order valence-electron chi connectivity index (χ1n) is 11.5. The molecule has 35 heavy (non-hydrogen) atoms. The van der Waals surface area contributed by atoms with Crippen LogP contribution < -0.4 is 10.6 Å². The topological polar surface area (TPSA) is 128 Å². The molecule has 0 radical (unpaired) electrons. The number of alkyl carbamates (subject to hydrolysis) is 1. The molecule has 9 heteroatoms. The van der Waals surface area contributed by atoms with Gasteiger partial charge in [-0.2, -0.15) is 0 Å². The number of carbonyl (C=O) groups is 3. The summed E-state index contributed by atoms with van der Waals surface area (Å²) in [5, 5.41) is 25.2. The molecule has 2 aromatic rings. The summed E-state index contributed by atoms with van der Waals surface area (Å²) in [6.07, 6.45) is -0.865. The molecule has 0 aliphatic carbocycles. The number of rotatable bonds is 9. The molecule has 0 bridgehead atoms. The molecule has 2 aromatic carbocycles. The Bertz CT molecular complexity index is 1000. The van der Waals surface area contributed by atoms with Crippen LogP contribution in [0, 0.1) is 0 Å². The number of nitrogens with zero attached hydrogens (tertiary/aromatic N) is 1. The molecule has 0 saturated carbocycles. The van der Waals surface area contributed by atoms with E-state index in [0.29, 0.717) is 5.56 Å². The van der Waals surface area contributed by atoms with E-state index >= 15 is 0 Å². The number of phenols is 1. The van der Waals surface area contributed by atoms with Crippen molar-refractivity contribution in [2.45, 2.75) is 64.9 Å². The van der Waals surface area contributed by atoms with Gasteiger partial charge in [0.05, 0.1) is 6.61 Å². The molecule has 0 aromatic heterocycles. The zero-order valence-corrected chi connectivity index (χ0v) is 20.8. The van der Waals surface area contributed by atoms with E-state index in [2.05, 4.69) is 10.6 Å². The van der Waals surface area contributed by atoms with Gasteiger partial charge in [-0.05, 0) is 57.9 Å². The van der Waals surface area contributed by atoms with Crippen LogP contribution in [0.1, 0.15) is 51.8 Å². The van der Waals surface area contributed by atoms with E-state index in [4.69, 9.17) is 4.74 Å². The van der Waals surface area contributed by atoms with Crippen LogP contribution >= 0.6 is 0 Å². The third-order valence-electron chi connectivity index (χ3n) is 5.00. The second-order valence-corrected chi connectivity index (χ2v) is 9.42. The Hall–Kier alpha value is -3.59. The van der Waals surface area contributed by atoms with Crippen LogP contribution in [-0.4, -0.2) is 57.3 Å². The zero-order valence-electron chi connectivity index (χ0n) is 20.8. The van der Waals surface area contributed by atoms with E-state index in [1.165, 1.54) is 17.0 Å². The highest BCUT2D eigenvalue weighted by atomic mass is 16.6. The van der Waals surface area contributed by atoms with Gasteiger partial charge in [-0.25, -0.2) is 4.79 Å². The van der Waals surface area contributed by atoms with Crippen LogP contribution in [0.4, 0.5) is 4.79 Å². The molecule has 3 amide bonds. The summed E-state index contributed by atoms with van der Waals surface area (Å²) in [6, 6.07) is 12.4. The Morgan fingerprint density at radius 2 is 1.69 bits per heavy atom. The molecule has 9 nitrogen and oxygen atoms in total. The molecular formula is C26H35N3O6. The summed E-state index contributed by atoms with van der Waals surface area (Å²) in [5.74, 6) is -1.21. The molecule has 4 N–H and O–H groups in total. The van der Waals surface area contributed by atoms with Gasteiger partial charge in [0.15, 0.2) is 0 Å². The lowest BCUT2D eigenvalue weighted by molar-refractivity contribution is -0.145. The summed E-state index contributed by atoms with van der Waals surface area (Å²) < 4.78 is 5.21. The van der Waals surface area contributed by atoms with Gasteiger partial charge in [0.25, 0.3) is 0 Å². The Morgan fingerprint density at radius 1 is 1.03 bits per heavy atom. The van der Waals surface area contributed by atoms with Gasteiger partial charge in [-0.3, -0.25) is 9.59 Å². The molecule has 0 saturated heterocycles. The van der Waals surface area contributed by atoms with Gasteiger partial charge in [0.2, 0.25) is 11.8 Å². The number of aliphatic hydroxyl groups is 1. The van der Waals surface area contributed by atoms with Crippen molar-refractivity contribution in [3.63, 3.8) is 0 Å². The number of carbonyl (C=O) groups excluding carboxylic acids is 3. The van der Waals surface area contributed by atoms with Crippen molar-refractivity contribution in [3.8, 4) is 5.75 Å². The largest absolute Gasteiger partial charge is 0.508 e. The number of benzene rings is 2. The maximum absolute atomic E-state index is 13.5. The predicted octanol–water partition coefficient (Wildman–Crippen LogP) is 2.87. The normalized spacial score (nSPS) is 13.0. The van der Waals surface area contributed by atoms with E-state index in [1.807, 2.05) is 30.3 Å². The monoisotopic (exact) mass is 485 g/mol. The second-order valence-electron chi connectivity index (χ2n) is 9.42. The van der Waals surface area contributed by atoms with Crippen LogP contribution in [0.5, 0.6) is 5.75 Å². The Labute approximate surface area is 206 Å². The molecule has 0 aliphatic rings.